The van der Waals surface area contributed by atoms with Crippen LogP contribution in [-0.4, -0.2) is 12.3 Å². The Kier molecular flexibility index (Phi) is 4.16. The van der Waals surface area contributed by atoms with E-state index in [1.807, 2.05) is 18.8 Å². The zero-order valence-electron chi connectivity index (χ0n) is 10.3. The van der Waals surface area contributed by atoms with Crippen LogP contribution in [0.2, 0.25) is 0 Å². The minimum atomic E-state index is -0.162. The molecule has 4 heteroatoms. The first-order valence-electron chi connectivity index (χ1n) is 5.81. The molecule has 1 N–H and O–H groups in total. The van der Waals surface area contributed by atoms with Crippen LogP contribution >= 0.6 is 27.7 Å². The molecule has 1 aliphatic heterocycles. The van der Waals surface area contributed by atoms with E-state index in [9.17, 15) is 4.39 Å². The van der Waals surface area contributed by atoms with Gasteiger partial charge >= 0.3 is 0 Å². The van der Waals surface area contributed by atoms with Gasteiger partial charge < -0.3 is 5.32 Å². The molecular formula is C13H17BrFNS. The molecule has 0 radical (unpaired) electrons. The van der Waals surface area contributed by atoms with E-state index in [0.29, 0.717) is 11.2 Å². The third kappa shape index (κ3) is 2.54. The fourth-order valence-electron chi connectivity index (χ4n) is 2.40. The van der Waals surface area contributed by atoms with E-state index in [1.54, 1.807) is 12.1 Å². The van der Waals surface area contributed by atoms with Crippen LogP contribution in [0.15, 0.2) is 16.6 Å². The molecule has 1 heterocycles. The summed E-state index contributed by atoms with van der Waals surface area (Å²) in [5, 5.41) is 3.84. The SMILES string of the molecule is CNC1c2cc(F)cc(Br)c2CSC1C(C)C. The van der Waals surface area contributed by atoms with Gasteiger partial charge in [0.05, 0.1) is 0 Å². The van der Waals surface area contributed by atoms with Crippen LogP contribution < -0.4 is 5.32 Å². The van der Waals surface area contributed by atoms with Crippen molar-refractivity contribution in [2.45, 2.75) is 30.9 Å². The highest BCUT2D eigenvalue weighted by Gasteiger charge is 2.32. The van der Waals surface area contributed by atoms with Gasteiger partial charge in [-0.1, -0.05) is 29.8 Å². The summed E-state index contributed by atoms with van der Waals surface area (Å²) in [5.41, 5.74) is 2.34. The Bertz CT molecular complexity index is 422. The van der Waals surface area contributed by atoms with Gasteiger partial charge in [0.15, 0.2) is 0 Å². The molecule has 0 aliphatic carbocycles. The van der Waals surface area contributed by atoms with Crippen LogP contribution in [0, 0.1) is 11.7 Å². The molecule has 0 spiro atoms. The Hall–Kier alpha value is -0.0600. The molecule has 0 saturated carbocycles. The molecule has 17 heavy (non-hydrogen) atoms. The van der Waals surface area contributed by atoms with Crippen molar-refractivity contribution < 1.29 is 4.39 Å². The van der Waals surface area contributed by atoms with Gasteiger partial charge in [-0.2, -0.15) is 11.8 Å². The Morgan fingerprint density at radius 2 is 2.18 bits per heavy atom. The van der Waals surface area contributed by atoms with Crippen molar-refractivity contribution in [3.05, 3.63) is 33.5 Å². The number of thioether (sulfide) groups is 1. The number of nitrogens with one attached hydrogen (secondary N) is 1. The second-order valence-electron chi connectivity index (χ2n) is 4.74. The van der Waals surface area contributed by atoms with Gasteiger partial charge in [-0.25, -0.2) is 4.39 Å². The van der Waals surface area contributed by atoms with Gasteiger partial charge in [0, 0.05) is 21.5 Å². The minimum Gasteiger partial charge on any atom is -0.312 e. The molecule has 0 bridgehead atoms. The summed E-state index contributed by atoms with van der Waals surface area (Å²) < 4.78 is 14.4. The molecule has 0 amide bonds. The second kappa shape index (κ2) is 5.29. The summed E-state index contributed by atoms with van der Waals surface area (Å²) in [6, 6.07) is 3.47. The number of halogens is 2. The summed E-state index contributed by atoms with van der Waals surface area (Å²) in [5.74, 6) is 1.37. The summed E-state index contributed by atoms with van der Waals surface area (Å²) in [7, 11) is 1.95. The number of fused-ring (bicyclic) bond motifs is 1. The van der Waals surface area contributed by atoms with Crippen LogP contribution in [-0.2, 0) is 5.75 Å². The first-order valence-corrected chi connectivity index (χ1v) is 7.65. The van der Waals surface area contributed by atoms with Crippen LogP contribution in [0.5, 0.6) is 0 Å². The summed E-state index contributed by atoms with van der Waals surface area (Å²) in [6.07, 6.45) is 0. The van der Waals surface area contributed by atoms with Crippen molar-refractivity contribution in [3.8, 4) is 0 Å². The maximum Gasteiger partial charge on any atom is 0.124 e. The van der Waals surface area contributed by atoms with Gasteiger partial charge in [-0.3, -0.25) is 0 Å². The normalized spacial score (nSPS) is 23.9. The lowest BCUT2D eigenvalue weighted by molar-refractivity contribution is 0.463. The van der Waals surface area contributed by atoms with E-state index in [4.69, 9.17) is 0 Å². The van der Waals surface area contributed by atoms with Crippen molar-refractivity contribution in [2.24, 2.45) is 5.92 Å². The van der Waals surface area contributed by atoms with Gasteiger partial charge in [0.1, 0.15) is 5.82 Å². The quantitative estimate of drug-likeness (QED) is 0.880. The third-order valence-electron chi connectivity index (χ3n) is 3.25. The number of hydrogen-bond donors (Lipinski definition) is 1. The van der Waals surface area contributed by atoms with Gasteiger partial charge in [-0.05, 0) is 36.2 Å². The molecule has 2 rings (SSSR count). The fraction of sp³-hybridized carbons (Fsp3) is 0.538. The molecule has 0 fully saturated rings. The van der Waals surface area contributed by atoms with Crippen molar-refractivity contribution >= 4 is 27.7 Å². The van der Waals surface area contributed by atoms with Crippen molar-refractivity contribution in [1.82, 2.24) is 5.32 Å². The first kappa shape index (κ1) is 13.4. The largest absolute Gasteiger partial charge is 0.312 e. The van der Waals surface area contributed by atoms with Crippen LogP contribution in [0.4, 0.5) is 4.39 Å². The molecule has 94 valence electrons. The van der Waals surface area contributed by atoms with Crippen molar-refractivity contribution in [3.63, 3.8) is 0 Å². The van der Waals surface area contributed by atoms with Crippen molar-refractivity contribution in [1.29, 1.82) is 0 Å². The topological polar surface area (TPSA) is 12.0 Å². The lowest BCUT2D eigenvalue weighted by Crippen LogP contribution is -2.34. The number of benzene rings is 1. The van der Waals surface area contributed by atoms with Crippen LogP contribution in [0.3, 0.4) is 0 Å². The lowest BCUT2D eigenvalue weighted by Gasteiger charge is -2.36. The monoisotopic (exact) mass is 317 g/mol. The Balaban J connectivity index is 2.47. The zero-order chi connectivity index (χ0) is 12.6. The summed E-state index contributed by atoms with van der Waals surface area (Å²) in [6.45, 7) is 4.45. The predicted octanol–water partition coefficient (Wildman–Crippen LogP) is 4.12. The highest BCUT2D eigenvalue weighted by Crippen LogP contribution is 2.43. The summed E-state index contributed by atoms with van der Waals surface area (Å²) >= 11 is 5.42. The van der Waals surface area contributed by atoms with Crippen LogP contribution in [0.1, 0.15) is 31.0 Å². The highest BCUT2D eigenvalue weighted by molar-refractivity contribution is 9.10. The van der Waals surface area contributed by atoms with E-state index in [-0.39, 0.29) is 11.9 Å². The fourth-order valence-corrected chi connectivity index (χ4v) is 4.72. The standard InChI is InChI=1S/C13H17BrFNS/c1-7(2)13-12(16-3)9-4-8(15)5-11(14)10(9)6-17-13/h4-5,7,12-13,16H,6H2,1-3H3. The van der Waals surface area contributed by atoms with E-state index in [0.717, 1.165) is 15.8 Å². The van der Waals surface area contributed by atoms with E-state index in [2.05, 4.69) is 35.1 Å². The Morgan fingerprint density at radius 3 is 2.76 bits per heavy atom. The molecule has 1 aromatic rings. The van der Waals surface area contributed by atoms with Crippen molar-refractivity contribution in [2.75, 3.05) is 7.05 Å². The smallest absolute Gasteiger partial charge is 0.124 e. The zero-order valence-corrected chi connectivity index (χ0v) is 12.7. The van der Waals surface area contributed by atoms with Crippen LogP contribution in [0.25, 0.3) is 0 Å². The summed E-state index contributed by atoms with van der Waals surface area (Å²) in [4.78, 5) is 0. The average molecular weight is 318 g/mol. The molecule has 0 aromatic heterocycles. The number of hydrogen-bond acceptors (Lipinski definition) is 2. The molecule has 1 aromatic carbocycles. The molecule has 0 saturated heterocycles. The Labute approximate surface area is 115 Å². The van der Waals surface area contributed by atoms with Gasteiger partial charge in [-0.15, -0.1) is 0 Å². The second-order valence-corrected chi connectivity index (χ2v) is 6.76. The first-order chi connectivity index (χ1) is 8.04. The van der Waals surface area contributed by atoms with E-state index < -0.39 is 0 Å². The van der Waals surface area contributed by atoms with Gasteiger partial charge in [0.2, 0.25) is 0 Å². The molecule has 2 atom stereocenters. The van der Waals surface area contributed by atoms with Gasteiger partial charge in [0.25, 0.3) is 0 Å². The third-order valence-corrected chi connectivity index (χ3v) is 5.61. The highest BCUT2D eigenvalue weighted by atomic mass is 79.9. The average Bonchev–Trinajstić information content (AvgIpc) is 2.26. The minimum absolute atomic E-state index is 0.162. The maximum atomic E-state index is 13.5. The molecule has 1 nitrogen and oxygen atoms in total. The molecule has 2 unspecified atom stereocenters. The predicted molar refractivity (Wildman–Crippen MR) is 75.8 cm³/mol. The number of rotatable bonds is 2. The van der Waals surface area contributed by atoms with E-state index in [1.165, 1.54) is 5.56 Å². The maximum absolute atomic E-state index is 13.5. The molecule has 1 aliphatic rings. The van der Waals surface area contributed by atoms with E-state index >= 15 is 0 Å². The Morgan fingerprint density at radius 1 is 1.47 bits per heavy atom. The molecular weight excluding hydrogens is 301 g/mol. The lowest BCUT2D eigenvalue weighted by atomic mass is 9.92.